The van der Waals surface area contributed by atoms with Crippen LogP contribution >= 0.6 is 0 Å². The highest BCUT2D eigenvalue weighted by Gasteiger charge is 2.40. The lowest BCUT2D eigenvalue weighted by atomic mass is 9.94. The number of aromatic nitrogens is 4. The maximum atomic E-state index is 5.26. The molecule has 236 valence electrons. The largest absolute Gasteiger partial charge is 0.309 e. The maximum Gasteiger partial charge on any atom is 0.164 e. The summed E-state index contributed by atoms with van der Waals surface area (Å²) in [7, 11) is -2.13. The molecule has 0 spiro atoms. The van der Waals surface area contributed by atoms with Crippen molar-refractivity contribution in [1.82, 2.24) is 19.5 Å². The van der Waals surface area contributed by atoms with E-state index in [1.165, 1.54) is 48.6 Å². The summed E-state index contributed by atoms with van der Waals surface area (Å²) in [5, 5.41) is 8.00. The lowest BCUT2D eigenvalue weighted by Crippen LogP contribution is -2.49. The van der Waals surface area contributed by atoms with Gasteiger partial charge >= 0.3 is 0 Å². The zero-order valence-electron chi connectivity index (χ0n) is 27.8. The summed E-state index contributed by atoms with van der Waals surface area (Å²) >= 11 is 0. The molecular formula is C45H32N4Si. The van der Waals surface area contributed by atoms with Crippen LogP contribution in [-0.4, -0.2) is 27.6 Å². The molecule has 0 fully saturated rings. The number of nitrogens with zero attached hydrogens (tertiary/aromatic N) is 4. The Morgan fingerprint density at radius 3 is 1.72 bits per heavy atom. The molecule has 0 amide bonds. The molecule has 0 N–H and O–H groups in total. The number of fused-ring (bicyclic) bond motifs is 9. The molecule has 50 heavy (non-hydrogen) atoms. The van der Waals surface area contributed by atoms with Crippen molar-refractivity contribution in [3.8, 4) is 51.0 Å². The molecule has 0 atom stereocenters. The molecule has 9 aromatic rings. The Morgan fingerprint density at radius 1 is 0.440 bits per heavy atom. The van der Waals surface area contributed by atoms with Gasteiger partial charge in [0.2, 0.25) is 0 Å². The van der Waals surface area contributed by atoms with Gasteiger partial charge in [0, 0.05) is 33.2 Å². The van der Waals surface area contributed by atoms with E-state index < -0.39 is 8.07 Å². The van der Waals surface area contributed by atoms with Gasteiger partial charge < -0.3 is 4.57 Å². The third kappa shape index (κ3) is 4.20. The summed E-state index contributed by atoms with van der Waals surface area (Å²) in [6.07, 6.45) is 0. The molecule has 4 nitrogen and oxygen atoms in total. The van der Waals surface area contributed by atoms with Crippen LogP contribution in [-0.2, 0) is 0 Å². The predicted molar refractivity (Wildman–Crippen MR) is 210 cm³/mol. The van der Waals surface area contributed by atoms with Crippen molar-refractivity contribution >= 4 is 51.0 Å². The van der Waals surface area contributed by atoms with Crippen LogP contribution in [0.3, 0.4) is 0 Å². The molecule has 1 aliphatic rings. The molecule has 1 aliphatic heterocycles. The van der Waals surface area contributed by atoms with E-state index in [0.29, 0.717) is 17.5 Å². The second-order valence-electron chi connectivity index (χ2n) is 13.6. The summed E-state index contributed by atoms with van der Waals surface area (Å²) in [4.78, 5) is 15.6. The van der Waals surface area contributed by atoms with Gasteiger partial charge in [-0.25, -0.2) is 15.0 Å². The van der Waals surface area contributed by atoms with Crippen molar-refractivity contribution in [1.29, 1.82) is 0 Å². The Morgan fingerprint density at radius 2 is 1.02 bits per heavy atom. The van der Waals surface area contributed by atoms with Crippen molar-refractivity contribution in [2.24, 2.45) is 0 Å². The van der Waals surface area contributed by atoms with Crippen LogP contribution in [0.1, 0.15) is 0 Å². The first-order valence-corrected chi connectivity index (χ1v) is 20.1. The van der Waals surface area contributed by atoms with Crippen LogP contribution < -0.4 is 10.4 Å². The molecule has 0 radical (unpaired) electrons. The van der Waals surface area contributed by atoms with E-state index >= 15 is 0 Å². The minimum Gasteiger partial charge on any atom is -0.309 e. The van der Waals surface area contributed by atoms with Crippen molar-refractivity contribution in [3.05, 3.63) is 158 Å². The highest BCUT2D eigenvalue weighted by atomic mass is 28.3. The van der Waals surface area contributed by atoms with Crippen molar-refractivity contribution in [3.63, 3.8) is 0 Å². The first-order valence-electron chi connectivity index (χ1n) is 17.1. The highest BCUT2D eigenvalue weighted by molar-refractivity contribution is 7.05. The van der Waals surface area contributed by atoms with Gasteiger partial charge in [-0.2, -0.15) is 0 Å². The van der Waals surface area contributed by atoms with E-state index in [2.05, 4.69) is 139 Å². The molecule has 7 aromatic carbocycles. The van der Waals surface area contributed by atoms with Crippen molar-refractivity contribution in [2.75, 3.05) is 0 Å². The van der Waals surface area contributed by atoms with Crippen LogP contribution in [0.15, 0.2) is 158 Å². The normalized spacial score (nSPS) is 13.2. The van der Waals surface area contributed by atoms with E-state index in [9.17, 15) is 0 Å². The average molecular weight is 657 g/mol. The quantitative estimate of drug-likeness (QED) is 0.177. The SMILES string of the molecule is C[Si]1(C)c2ccccc2-c2ccc3c(-c4nc(-c5ccccc5)nc(-c5ccccc5)n4)cc4c(c5ccccc5n4-c4ccccc4)c3c21. The summed E-state index contributed by atoms with van der Waals surface area (Å²) in [6, 6.07) is 56.1. The fourth-order valence-corrected chi connectivity index (χ4v) is 11.7. The average Bonchev–Trinajstić information content (AvgIpc) is 3.64. The van der Waals surface area contributed by atoms with Crippen LogP contribution in [0.2, 0.25) is 13.1 Å². The number of hydrogen-bond donors (Lipinski definition) is 0. The molecule has 3 heterocycles. The van der Waals surface area contributed by atoms with Gasteiger partial charge in [0.15, 0.2) is 17.5 Å². The van der Waals surface area contributed by atoms with Gasteiger partial charge in [-0.05, 0) is 56.5 Å². The van der Waals surface area contributed by atoms with Gasteiger partial charge in [-0.1, -0.05) is 147 Å². The summed E-state index contributed by atoms with van der Waals surface area (Å²) in [5.41, 5.74) is 9.11. The fraction of sp³-hybridized carbons (Fsp3) is 0.0444. The Bertz CT molecular complexity index is 2710. The molecule has 2 aromatic heterocycles. The van der Waals surface area contributed by atoms with Crippen LogP contribution in [0, 0.1) is 0 Å². The molecule has 0 saturated heterocycles. The smallest absolute Gasteiger partial charge is 0.164 e. The monoisotopic (exact) mass is 656 g/mol. The maximum absolute atomic E-state index is 5.26. The Balaban J connectivity index is 1.40. The minimum absolute atomic E-state index is 0.662. The van der Waals surface area contributed by atoms with Crippen molar-refractivity contribution < 1.29 is 0 Å². The van der Waals surface area contributed by atoms with Gasteiger partial charge in [-0.3, -0.25) is 0 Å². The van der Waals surface area contributed by atoms with Crippen LogP contribution in [0.4, 0.5) is 0 Å². The van der Waals surface area contributed by atoms with Crippen molar-refractivity contribution in [2.45, 2.75) is 13.1 Å². The molecule has 0 aliphatic carbocycles. The van der Waals surface area contributed by atoms with Gasteiger partial charge in [-0.15, -0.1) is 0 Å². The van der Waals surface area contributed by atoms with Crippen LogP contribution in [0.25, 0.3) is 83.6 Å². The Hall–Kier alpha value is -6.17. The Labute approximate surface area is 291 Å². The minimum atomic E-state index is -2.13. The Kier molecular flexibility index (Phi) is 6.29. The van der Waals surface area contributed by atoms with Gasteiger partial charge in [0.25, 0.3) is 0 Å². The number of benzene rings is 7. The molecule has 0 unspecified atom stereocenters. The van der Waals surface area contributed by atoms with E-state index in [0.717, 1.165) is 27.9 Å². The lowest BCUT2D eigenvalue weighted by molar-refractivity contribution is 1.08. The molecule has 0 bridgehead atoms. The van der Waals surface area contributed by atoms with E-state index in [4.69, 9.17) is 15.0 Å². The summed E-state index contributed by atoms with van der Waals surface area (Å²) in [5.74, 6) is 1.99. The molecular weight excluding hydrogens is 625 g/mol. The predicted octanol–water partition coefficient (Wildman–Crippen LogP) is 9.93. The van der Waals surface area contributed by atoms with E-state index in [-0.39, 0.29) is 0 Å². The fourth-order valence-electron chi connectivity index (χ4n) is 8.20. The zero-order chi connectivity index (χ0) is 33.4. The zero-order valence-corrected chi connectivity index (χ0v) is 28.8. The van der Waals surface area contributed by atoms with Gasteiger partial charge in [0.05, 0.1) is 11.0 Å². The molecule has 5 heteroatoms. The van der Waals surface area contributed by atoms with Gasteiger partial charge in [0.1, 0.15) is 8.07 Å². The lowest BCUT2D eigenvalue weighted by Gasteiger charge is -2.22. The topological polar surface area (TPSA) is 43.6 Å². The van der Waals surface area contributed by atoms with E-state index in [1.807, 2.05) is 36.4 Å². The summed E-state index contributed by atoms with van der Waals surface area (Å²) in [6.45, 7) is 5.02. The first-order chi connectivity index (χ1) is 24.6. The number of para-hydroxylation sites is 2. The molecule has 0 saturated carbocycles. The van der Waals surface area contributed by atoms with Crippen LogP contribution in [0.5, 0.6) is 0 Å². The summed E-state index contributed by atoms with van der Waals surface area (Å²) < 4.78 is 2.42. The highest BCUT2D eigenvalue weighted by Crippen LogP contribution is 2.44. The number of rotatable bonds is 4. The second kappa shape index (κ2) is 10.9. The second-order valence-corrected chi connectivity index (χ2v) is 17.9. The third-order valence-corrected chi connectivity index (χ3v) is 14.0. The first kappa shape index (κ1) is 28.8. The van der Waals surface area contributed by atoms with E-state index in [1.54, 1.807) is 0 Å². The third-order valence-electron chi connectivity index (χ3n) is 10.4. The number of hydrogen-bond acceptors (Lipinski definition) is 3. The molecule has 10 rings (SSSR count). The standard InChI is InChI=1S/C45H32N4Si/c1-50(2)39-25-15-13-22-32(39)34-27-26-33-36(45-47-43(29-16-6-3-7-17-29)46-44(48-45)30-18-8-4-9-19-30)28-38-40(41(33)42(34)50)35-23-12-14-24-37(35)49(38)31-20-10-5-11-21-31/h3-28H,1-2H3.